The largest absolute Gasteiger partial charge is 0.465 e. The Morgan fingerprint density at radius 1 is 1.21 bits per heavy atom. The molecule has 2 rings (SSSR count). The van der Waals surface area contributed by atoms with Gasteiger partial charge < -0.3 is 20.1 Å². The van der Waals surface area contributed by atoms with E-state index < -0.39 is 41.6 Å². The first-order valence-electron chi connectivity index (χ1n) is 8.60. The predicted octanol–water partition coefficient (Wildman–Crippen LogP) is 2.64. The summed E-state index contributed by atoms with van der Waals surface area (Å²) < 4.78 is 43.6. The van der Waals surface area contributed by atoms with Crippen LogP contribution < -0.4 is 5.32 Å². The number of hydrogen-bond acceptors (Lipinski definition) is 5. The summed E-state index contributed by atoms with van der Waals surface area (Å²) >= 11 is 0. The van der Waals surface area contributed by atoms with Crippen LogP contribution in [0.25, 0.3) is 0 Å². The van der Waals surface area contributed by atoms with Crippen LogP contribution in [0.1, 0.15) is 26.5 Å². The first-order chi connectivity index (χ1) is 13.3. The first kappa shape index (κ1) is 22.2. The SMILES string of the molecule is CC(C)(C)OC(=O)N1CCN(C(=O)O)C(C(=O)Nc2cccc(C(F)(F)F)n2)C1. The van der Waals surface area contributed by atoms with Crippen molar-refractivity contribution in [1.29, 1.82) is 0 Å². The van der Waals surface area contributed by atoms with E-state index >= 15 is 0 Å². The molecule has 29 heavy (non-hydrogen) atoms. The molecule has 1 fully saturated rings. The van der Waals surface area contributed by atoms with E-state index in [9.17, 15) is 32.7 Å². The van der Waals surface area contributed by atoms with Crippen LogP contribution in [0.15, 0.2) is 18.2 Å². The molecule has 1 aromatic heterocycles. The normalized spacial score (nSPS) is 17.7. The van der Waals surface area contributed by atoms with Crippen molar-refractivity contribution in [1.82, 2.24) is 14.8 Å². The molecule has 12 heteroatoms. The molecule has 3 amide bonds. The molecule has 0 bridgehead atoms. The van der Waals surface area contributed by atoms with Crippen LogP contribution in [0.4, 0.5) is 28.6 Å². The number of carboxylic acid groups (broad SMARTS) is 1. The van der Waals surface area contributed by atoms with Crippen molar-refractivity contribution in [3.63, 3.8) is 0 Å². The Bertz CT molecular complexity index is 794. The lowest BCUT2D eigenvalue weighted by molar-refractivity contribution is -0.141. The molecular weight excluding hydrogens is 397 g/mol. The summed E-state index contributed by atoms with van der Waals surface area (Å²) in [5.74, 6) is -1.29. The lowest BCUT2D eigenvalue weighted by Gasteiger charge is -2.39. The van der Waals surface area contributed by atoms with Crippen LogP contribution >= 0.6 is 0 Å². The third-order valence-corrected chi connectivity index (χ3v) is 3.87. The number of ether oxygens (including phenoxy) is 1. The van der Waals surface area contributed by atoms with Crippen LogP contribution in [-0.2, 0) is 15.7 Å². The third-order valence-electron chi connectivity index (χ3n) is 3.87. The molecule has 2 heterocycles. The molecule has 0 saturated carbocycles. The van der Waals surface area contributed by atoms with E-state index in [0.29, 0.717) is 0 Å². The number of carbonyl (C=O) groups excluding carboxylic acids is 2. The molecular formula is C17H21F3N4O5. The molecule has 160 valence electrons. The number of halogens is 3. The topological polar surface area (TPSA) is 112 Å². The van der Waals surface area contributed by atoms with Gasteiger partial charge in [0.15, 0.2) is 0 Å². The Balaban J connectivity index is 2.18. The number of alkyl halides is 3. The van der Waals surface area contributed by atoms with Gasteiger partial charge in [-0.2, -0.15) is 13.2 Å². The number of nitrogens with zero attached hydrogens (tertiary/aromatic N) is 3. The fourth-order valence-electron chi connectivity index (χ4n) is 2.60. The minimum absolute atomic E-state index is 0.00675. The maximum Gasteiger partial charge on any atom is 0.433 e. The highest BCUT2D eigenvalue weighted by atomic mass is 19.4. The highest BCUT2D eigenvalue weighted by molar-refractivity contribution is 5.96. The summed E-state index contributed by atoms with van der Waals surface area (Å²) in [5, 5.41) is 11.5. The van der Waals surface area contributed by atoms with Gasteiger partial charge in [-0.3, -0.25) is 9.69 Å². The van der Waals surface area contributed by atoms with E-state index in [1.165, 1.54) is 4.90 Å². The molecule has 1 aliphatic rings. The number of amides is 3. The number of hydrogen-bond donors (Lipinski definition) is 2. The first-order valence-corrected chi connectivity index (χ1v) is 8.60. The molecule has 2 N–H and O–H groups in total. The van der Waals surface area contributed by atoms with Crippen LogP contribution in [-0.4, -0.2) is 69.3 Å². The van der Waals surface area contributed by atoms with Crippen molar-refractivity contribution in [3.05, 3.63) is 23.9 Å². The number of anilines is 1. The number of piperazine rings is 1. The van der Waals surface area contributed by atoms with Crippen molar-refractivity contribution in [2.24, 2.45) is 0 Å². The van der Waals surface area contributed by atoms with Crippen LogP contribution in [0.3, 0.4) is 0 Å². The van der Waals surface area contributed by atoms with Gasteiger partial charge in [0.05, 0.1) is 6.54 Å². The lowest BCUT2D eigenvalue weighted by Crippen LogP contribution is -2.60. The maximum atomic E-state index is 12.8. The van der Waals surface area contributed by atoms with Crippen molar-refractivity contribution in [3.8, 4) is 0 Å². The van der Waals surface area contributed by atoms with E-state index in [-0.39, 0.29) is 25.5 Å². The summed E-state index contributed by atoms with van der Waals surface area (Å²) in [7, 11) is 0. The van der Waals surface area contributed by atoms with Crippen molar-refractivity contribution < 1.29 is 37.4 Å². The lowest BCUT2D eigenvalue weighted by atomic mass is 10.1. The Kier molecular flexibility index (Phi) is 6.24. The van der Waals surface area contributed by atoms with E-state index in [0.717, 1.165) is 23.1 Å². The van der Waals surface area contributed by atoms with Crippen molar-refractivity contribution in [2.45, 2.75) is 38.6 Å². The van der Waals surface area contributed by atoms with Gasteiger partial charge >= 0.3 is 18.4 Å². The van der Waals surface area contributed by atoms with Crippen molar-refractivity contribution >= 4 is 23.9 Å². The highest BCUT2D eigenvalue weighted by Gasteiger charge is 2.39. The average Bonchev–Trinajstić information content (AvgIpc) is 2.59. The number of nitrogens with one attached hydrogen (secondary N) is 1. The summed E-state index contributed by atoms with van der Waals surface area (Å²) in [6, 6.07) is 1.61. The fourth-order valence-corrected chi connectivity index (χ4v) is 2.60. The van der Waals surface area contributed by atoms with Crippen LogP contribution in [0, 0.1) is 0 Å². The van der Waals surface area contributed by atoms with Gasteiger partial charge in [-0.25, -0.2) is 14.6 Å². The Morgan fingerprint density at radius 2 is 1.86 bits per heavy atom. The van der Waals surface area contributed by atoms with E-state index in [1.54, 1.807) is 20.8 Å². The molecule has 0 aromatic carbocycles. The third kappa shape index (κ3) is 5.96. The van der Waals surface area contributed by atoms with Crippen LogP contribution in [0.2, 0.25) is 0 Å². The van der Waals surface area contributed by atoms with Gasteiger partial charge in [0.2, 0.25) is 5.91 Å². The second-order valence-corrected chi connectivity index (χ2v) is 7.31. The smallest absolute Gasteiger partial charge is 0.433 e. The predicted molar refractivity (Wildman–Crippen MR) is 94.2 cm³/mol. The maximum absolute atomic E-state index is 12.8. The van der Waals surface area contributed by atoms with E-state index in [1.807, 2.05) is 0 Å². The Morgan fingerprint density at radius 3 is 2.41 bits per heavy atom. The second-order valence-electron chi connectivity index (χ2n) is 7.31. The molecule has 1 aliphatic heterocycles. The fraction of sp³-hybridized carbons (Fsp3) is 0.529. The standard InChI is InChI=1S/C17H21F3N4O5/c1-16(2,3)29-15(28)23-7-8-24(14(26)27)10(9-23)13(25)22-12-6-4-5-11(21-12)17(18,19)20/h4-6,10H,7-9H2,1-3H3,(H,26,27)(H,21,22,25). The number of pyridine rings is 1. The molecule has 0 radical (unpaired) electrons. The zero-order valence-electron chi connectivity index (χ0n) is 16.0. The molecule has 1 atom stereocenters. The summed E-state index contributed by atoms with van der Waals surface area (Å²) in [6.45, 7) is 4.49. The van der Waals surface area contributed by atoms with Gasteiger partial charge in [-0.1, -0.05) is 6.07 Å². The molecule has 0 aliphatic carbocycles. The summed E-state index contributed by atoms with van der Waals surface area (Å²) in [5.41, 5.74) is -2.00. The Labute approximate surface area is 164 Å². The summed E-state index contributed by atoms with van der Waals surface area (Å²) in [4.78, 5) is 41.6. The molecule has 1 aromatic rings. The molecule has 0 spiro atoms. The van der Waals surface area contributed by atoms with E-state index in [2.05, 4.69) is 10.3 Å². The zero-order valence-corrected chi connectivity index (χ0v) is 16.0. The molecule has 1 unspecified atom stereocenters. The molecule has 9 nitrogen and oxygen atoms in total. The van der Waals surface area contributed by atoms with Crippen LogP contribution in [0.5, 0.6) is 0 Å². The number of carbonyl (C=O) groups is 3. The zero-order chi connectivity index (χ0) is 22.0. The minimum atomic E-state index is -4.70. The second kappa shape index (κ2) is 8.13. The number of rotatable bonds is 2. The highest BCUT2D eigenvalue weighted by Crippen LogP contribution is 2.28. The molecule has 1 saturated heterocycles. The van der Waals surface area contributed by atoms with Gasteiger partial charge in [0.25, 0.3) is 0 Å². The average molecular weight is 418 g/mol. The number of aromatic nitrogens is 1. The minimum Gasteiger partial charge on any atom is -0.465 e. The summed E-state index contributed by atoms with van der Waals surface area (Å²) in [6.07, 6.45) is -6.82. The quantitative estimate of drug-likeness (QED) is 0.764. The van der Waals surface area contributed by atoms with Gasteiger partial charge in [0.1, 0.15) is 23.2 Å². The van der Waals surface area contributed by atoms with Gasteiger partial charge in [-0.05, 0) is 32.9 Å². The van der Waals surface area contributed by atoms with Gasteiger partial charge in [0, 0.05) is 13.1 Å². The van der Waals surface area contributed by atoms with E-state index in [4.69, 9.17) is 4.74 Å². The van der Waals surface area contributed by atoms with Crippen molar-refractivity contribution in [2.75, 3.05) is 25.0 Å². The Hall–Kier alpha value is -3.05. The van der Waals surface area contributed by atoms with Gasteiger partial charge in [-0.15, -0.1) is 0 Å². The monoisotopic (exact) mass is 418 g/mol.